The van der Waals surface area contributed by atoms with Crippen molar-refractivity contribution in [3.05, 3.63) is 47.4 Å². The van der Waals surface area contributed by atoms with Gasteiger partial charge in [0.15, 0.2) is 17.4 Å². The lowest BCUT2D eigenvalue weighted by Gasteiger charge is -2.08. The van der Waals surface area contributed by atoms with Crippen LogP contribution in [-0.2, 0) is 23.1 Å². The highest BCUT2D eigenvalue weighted by molar-refractivity contribution is 7.89. The van der Waals surface area contributed by atoms with Crippen LogP contribution < -0.4 is 10.5 Å². The minimum atomic E-state index is -4.23. The molecule has 6 nitrogen and oxygen atoms in total. The molecule has 0 fully saturated rings. The van der Waals surface area contributed by atoms with Crippen molar-refractivity contribution in [2.24, 2.45) is 5.73 Å². The number of sulfonamides is 1. The summed E-state index contributed by atoms with van der Waals surface area (Å²) in [6.07, 6.45) is 1.33. The molecule has 0 bridgehead atoms. The maximum atomic E-state index is 13.6. The molecule has 20 heavy (non-hydrogen) atoms. The maximum Gasteiger partial charge on any atom is 0.244 e. The van der Waals surface area contributed by atoms with Gasteiger partial charge in [-0.2, -0.15) is 0 Å². The summed E-state index contributed by atoms with van der Waals surface area (Å²) in [5.41, 5.74) is 5.47. The van der Waals surface area contributed by atoms with Crippen LogP contribution in [0.3, 0.4) is 0 Å². The highest BCUT2D eigenvalue weighted by Crippen LogP contribution is 2.20. The quantitative estimate of drug-likeness (QED) is 0.854. The molecule has 1 aromatic carbocycles. The fourth-order valence-corrected chi connectivity index (χ4v) is 2.64. The zero-order valence-corrected chi connectivity index (χ0v) is 11.0. The van der Waals surface area contributed by atoms with E-state index in [0.717, 1.165) is 12.1 Å². The molecule has 0 aliphatic carbocycles. The van der Waals surface area contributed by atoms with Crippen molar-refractivity contribution in [3.8, 4) is 0 Å². The first-order chi connectivity index (χ1) is 9.44. The minimum absolute atomic E-state index is 0.109. The van der Waals surface area contributed by atoms with Gasteiger partial charge < -0.3 is 10.3 Å². The summed E-state index contributed by atoms with van der Waals surface area (Å²) in [4.78, 5) is -0.794. The molecule has 2 rings (SSSR count). The van der Waals surface area contributed by atoms with Gasteiger partial charge in [-0.25, -0.2) is 21.9 Å². The average Bonchev–Trinajstić information content (AvgIpc) is 2.92. The topological polar surface area (TPSA) is 98.2 Å². The molecule has 0 atom stereocenters. The summed E-state index contributed by atoms with van der Waals surface area (Å²) < 4.78 is 57.6. The summed E-state index contributed by atoms with van der Waals surface area (Å²) >= 11 is 0. The molecule has 3 N–H and O–H groups in total. The first-order valence-corrected chi connectivity index (χ1v) is 6.99. The van der Waals surface area contributed by atoms with Gasteiger partial charge >= 0.3 is 0 Å². The van der Waals surface area contributed by atoms with Crippen molar-refractivity contribution in [2.75, 3.05) is 0 Å². The minimum Gasteiger partial charge on any atom is -0.360 e. The largest absolute Gasteiger partial charge is 0.360 e. The van der Waals surface area contributed by atoms with Crippen LogP contribution in [0.4, 0.5) is 8.78 Å². The van der Waals surface area contributed by atoms with Gasteiger partial charge in [-0.15, -0.1) is 0 Å². The third kappa shape index (κ3) is 3.00. The number of aromatic nitrogens is 1. The van der Waals surface area contributed by atoms with Crippen molar-refractivity contribution < 1.29 is 21.7 Å². The van der Waals surface area contributed by atoms with E-state index < -0.39 is 26.6 Å². The van der Waals surface area contributed by atoms with E-state index >= 15 is 0 Å². The number of halogens is 2. The Morgan fingerprint density at radius 1 is 1.35 bits per heavy atom. The SMILES string of the molecule is NCc1cc(F)c(F)c(S(=O)(=O)NCc2ccno2)c1. The molecule has 1 aromatic heterocycles. The van der Waals surface area contributed by atoms with E-state index in [2.05, 4.69) is 9.88 Å². The fraction of sp³-hybridized carbons (Fsp3) is 0.182. The molecule has 0 spiro atoms. The van der Waals surface area contributed by atoms with Crippen molar-refractivity contribution in [1.82, 2.24) is 9.88 Å². The summed E-state index contributed by atoms with van der Waals surface area (Å²) in [7, 11) is -4.23. The first-order valence-electron chi connectivity index (χ1n) is 5.51. The second-order valence-electron chi connectivity index (χ2n) is 3.90. The van der Waals surface area contributed by atoms with Gasteiger partial charge in [0.2, 0.25) is 10.0 Å². The Kier molecular flexibility index (Phi) is 4.12. The highest BCUT2D eigenvalue weighted by atomic mass is 32.2. The predicted molar refractivity (Wildman–Crippen MR) is 64.8 cm³/mol. The molecule has 0 saturated heterocycles. The van der Waals surface area contributed by atoms with Crippen LogP contribution in [0.2, 0.25) is 0 Å². The number of rotatable bonds is 5. The molecule has 0 amide bonds. The van der Waals surface area contributed by atoms with E-state index in [9.17, 15) is 17.2 Å². The Hall–Kier alpha value is -1.84. The predicted octanol–water partition coefficient (Wildman–Crippen LogP) is 0.890. The van der Waals surface area contributed by atoms with Gasteiger partial charge in [0.1, 0.15) is 4.90 Å². The van der Waals surface area contributed by atoms with Gasteiger partial charge in [-0.05, 0) is 17.7 Å². The Balaban J connectivity index is 2.31. The molecule has 2 aromatic rings. The monoisotopic (exact) mass is 303 g/mol. The molecule has 1 heterocycles. The maximum absolute atomic E-state index is 13.6. The van der Waals surface area contributed by atoms with Crippen molar-refractivity contribution in [1.29, 1.82) is 0 Å². The van der Waals surface area contributed by atoms with Crippen molar-refractivity contribution in [3.63, 3.8) is 0 Å². The van der Waals surface area contributed by atoms with Gasteiger partial charge in [-0.1, -0.05) is 5.16 Å². The van der Waals surface area contributed by atoms with Gasteiger partial charge in [0.05, 0.1) is 12.7 Å². The first kappa shape index (κ1) is 14.6. The second-order valence-corrected chi connectivity index (χ2v) is 5.63. The van der Waals surface area contributed by atoms with Crippen molar-refractivity contribution in [2.45, 2.75) is 18.0 Å². The Morgan fingerprint density at radius 3 is 2.70 bits per heavy atom. The van der Waals surface area contributed by atoms with Gasteiger partial charge in [0.25, 0.3) is 0 Å². The van der Waals surface area contributed by atoms with E-state index in [1.54, 1.807) is 0 Å². The lowest BCUT2D eigenvalue weighted by Crippen LogP contribution is -2.24. The molecule has 0 aliphatic rings. The third-order valence-electron chi connectivity index (χ3n) is 2.51. The van der Waals surface area contributed by atoms with E-state index in [-0.39, 0.29) is 24.4 Å². The molecule has 108 valence electrons. The summed E-state index contributed by atoms with van der Waals surface area (Å²) in [5, 5.41) is 3.39. The Labute approximate surface area is 113 Å². The van der Waals surface area contributed by atoms with E-state index in [1.165, 1.54) is 12.3 Å². The Bertz CT molecular complexity index is 702. The molecule has 9 heteroatoms. The van der Waals surface area contributed by atoms with Crippen LogP contribution in [0.25, 0.3) is 0 Å². The third-order valence-corrected chi connectivity index (χ3v) is 3.91. The number of nitrogens with two attached hydrogens (primary N) is 1. The van der Waals surface area contributed by atoms with E-state index in [1.807, 2.05) is 0 Å². The molecule has 0 unspecified atom stereocenters. The number of hydrogen-bond donors (Lipinski definition) is 2. The van der Waals surface area contributed by atoms with Crippen LogP contribution in [0.15, 0.2) is 33.8 Å². The van der Waals surface area contributed by atoms with Crippen LogP contribution in [0, 0.1) is 11.6 Å². The molecular weight excluding hydrogens is 292 g/mol. The smallest absolute Gasteiger partial charge is 0.244 e. The van der Waals surface area contributed by atoms with Crippen molar-refractivity contribution >= 4 is 10.0 Å². The summed E-state index contributed by atoms with van der Waals surface area (Å²) in [5.74, 6) is -2.48. The zero-order valence-electron chi connectivity index (χ0n) is 10.1. The van der Waals surface area contributed by atoms with Crippen LogP contribution in [-0.4, -0.2) is 13.6 Å². The number of nitrogens with zero attached hydrogens (tertiary/aromatic N) is 1. The zero-order chi connectivity index (χ0) is 14.8. The number of hydrogen-bond acceptors (Lipinski definition) is 5. The van der Waals surface area contributed by atoms with Gasteiger partial charge in [-0.3, -0.25) is 0 Å². The summed E-state index contributed by atoms with van der Waals surface area (Å²) in [6.45, 7) is -0.335. The molecular formula is C11H11F2N3O3S. The lowest BCUT2D eigenvalue weighted by atomic mass is 10.2. The number of benzene rings is 1. The molecule has 0 radical (unpaired) electrons. The summed E-state index contributed by atoms with van der Waals surface area (Å²) in [6, 6.07) is 3.28. The fourth-order valence-electron chi connectivity index (χ4n) is 1.51. The molecule has 0 aliphatic heterocycles. The highest BCUT2D eigenvalue weighted by Gasteiger charge is 2.23. The second kappa shape index (κ2) is 5.65. The van der Waals surface area contributed by atoms with Crippen LogP contribution in [0.1, 0.15) is 11.3 Å². The normalized spacial score (nSPS) is 11.8. The average molecular weight is 303 g/mol. The van der Waals surface area contributed by atoms with Crippen LogP contribution in [0.5, 0.6) is 0 Å². The van der Waals surface area contributed by atoms with E-state index in [0.29, 0.717) is 0 Å². The lowest BCUT2D eigenvalue weighted by molar-refractivity contribution is 0.380. The van der Waals surface area contributed by atoms with Gasteiger partial charge in [0, 0.05) is 12.6 Å². The van der Waals surface area contributed by atoms with E-state index in [4.69, 9.17) is 10.3 Å². The Morgan fingerprint density at radius 2 is 2.10 bits per heavy atom. The standard InChI is InChI=1S/C11H11F2N3O3S/c12-9-3-7(5-14)4-10(11(9)13)20(17,18)16-6-8-1-2-15-19-8/h1-4,16H,5-6,14H2. The number of nitrogens with one attached hydrogen (secondary N) is 1. The molecule has 0 saturated carbocycles. The van der Waals surface area contributed by atoms with Crippen LogP contribution >= 0.6 is 0 Å².